The van der Waals surface area contributed by atoms with Gasteiger partial charge in [-0.1, -0.05) is 18.2 Å². The molecule has 0 aromatic heterocycles. The summed E-state index contributed by atoms with van der Waals surface area (Å²) in [5.41, 5.74) is 7.99. The molecule has 3 heteroatoms. The Bertz CT molecular complexity index is 558. The summed E-state index contributed by atoms with van der Waals surface area (Å²) in [6.07, 6.45) is 0. The number of ether oxygens (including phenoxy) is 1. The maximum Gasteiger partial charge on any atom is 0.121 e. The van der Waals surface area contributed by atoms with Gasteiger partial charge >= 0.3 is 0 Å². The normalized spacial score (nSPS) is 9.59. The molecule has 0 bridgehead atoms. The van der Waals surface area contributed by atoms with Crippen molar-refractivity contribution in [3.63, 3.8) is 0 Å². The number of nitriles is 1. The van der Waals surface area contributed by atoms with Crippen LogP contribution in [0.25, 0.3) is 0 Å². The number of nitrogens with two attached hydrogens (primary N) is 1. The van der Waals surface area contributed by atoms with Crippen molar-refractivity contribution >= 4 is 5.69 Å². The molecule has 3 nitrogen and oxygen atoms in total. The number of nitrogen functional groups attached to an aromatic ring is 1. The van der Waals surface area contributed by atoms with E-state index in [9.17, 15) is 0 Å². The minimum absolute atomic E-state index is 0.444. The van der Waals surface area contributed by atoms with E-state index in [1.165, 1.54) is 0 Å². The van der Waals surface area contributed by atoms with Crippen LogP contribution in [-0.2, 0) is 6.61 Å². The van der Waals surface area contributed by atoms with Crippen molar-refractivity contribution in [3.05, 3.63) is 59.7 Å². The van der Waals surface area contributed by atoms with E-state index in [1.807, 2.05) is 30.3 Å². The first-order chi connectivity index (χ1) is 8.28. The standard InChI is InChI=1S/C14H12N2O/c15-9-11-3-2-6-14(8-11)17-10-12-4-1-5-13(16)7-12/h1-8H,10,16H2. The summed E-state index contributed by atoms with van der Waals surface area (Å²) in [7, 11) is 0. The van der Waals surface area contributed by atoms with Gasteiger partial charge in [-0.2, -0.15) is 5.26 Å². The van der Waals surface area contributed by atoms with Crippen LogP contribution in [0, 0.1) is 11.3 Å². The van der Waals surface area contributed by atoms with Crippen molar-refractivity contribution in [2.75, 3.05) is 5.73 Å². The minimum Gasteiger partial charge on any atom is -0.489 e. The summed E-state index contributed by atoms with van der Waals surface area (Å²) in [5, 5.41) is 8.76. The molecule has 0 amide bonds. The van der Waals surface area contributed by atoms with Gasteiger partial charge in [-0.05, 0) is 35.9 Å². The van der Waals surface area contributed by atoms with Crippen LogP contribution in [0.2, 0.25) is 0 Å². The van der Waals surface area contributed by atoms with Gasteiger partial charge in [0.15, 0.2) is 0 Å². The second kappa shape index (κ2) is 5.04. The van der Waals surface area contributed by atoms with Gasteiger partial charge in [-0.15, -0.1) is 0 Å². The highest BCUT2D eigenvalue weighted by Gasteiger charge is 1.98. The number of benzene rings is 2. The predicted octanol–water partition coefficient (Wildman–Crippen LogP) is 2.72. The van der Waals surface area contributed by atoms with Crippen molar-refractivity contribution in [1.82, 2.24) is 0 Å². The van der Waals surface area contributed by atoms with E-state index in [1.54, 1.807) is 18.2 Å². The second-order valence-electron chi connectivity index (χ2n) is 3.67. The fraction of sp³-hybridized carbons (Fsp3) is 0.0714. The van der Waals surface area contributed by atoms with Gasteiger partial charge < -0.3 is 10.5 Å². The Kier molecular flexibility index (Phi) is 3.27. The SMILES string of the molecule is N#Cc1cccc(OCc2cccc(N)c2)c1. The van der Waals surface area contributed by atoms with Crippen LogP contribution in [0.3, 0.4) is 0 Å². The molecule has 84 valence electrons. The number of rotatable bonds is 3. The van der Waals surface area contributed by atoms with E-state index < -0.39 is 0 Å². The lowest BCUT2D eigenvalue weighted by Crippen LogP contribution is -1.96. The van der Waals surface area contributed by atoms with Crippen molar-refractivity contribution in [3.8, 4) is 11.8 Å². The van der Waals surface area contributed by atoms with Gasteiger partial charge in [0.25, 0.3) is 0 Å². The Labute approximate surface area is 100 Å². The summed E-state index contributed by atoms with van der Waals surface area (Å²) in [4.78, 5) is 0. The minimum atomic E-state index is 0.444. The molecule has 0 fully saturated rings. The summed E-state index contributed by atoms with van der Waals surface area (Å²) < 4.78 is 5.58. The maximum absolute atomic E-state index is 8.76. The topological polar surface area (TPSA) is 59.0 Å². The number of anilines is 1. The van der Waals surface area contributed by atoms with E-state index in [-0.39, 0.29) is 0 Å². The molecule has 2 N–H and O–H groups in total. The quantitative estimate of drug-likeness (QED) is 0.815. The predicted molar refractivity (Wildman–Crippen MR) is 66.3 cm³/mol. The summed E-state index contributed by atoms with van der Waals surface area (Å²) in [5.74, 6) is 0.687. The number of nitrogens with zero attached hydrogens (tertiary/aromatic N) is 1. The van der Waals surface area contributed by atoms with E-state index in [0.29, 0.717) is 17.9 Å². The largest absolute Gasteiger partial charge is 0.489 e. The molecule has 0 aliphatic heterocycles. The fourth-order valence-electron chi connectivity index (χ4n) is 1.50. The van der Waals surface area contributed by atoms with Gasteiger partial charge in [0.05, 0.1) is 11.6 Å². The van der Waals surface area contributed by atoms with Gasteiger partial charge in [0.2, 0.25) is 0 Å². The van der Waals surface area contributed by atoms with E-state index in [2.05, 4.69) is 6.07 Å². The van der Waals surface area contributed by atoms with Gasteiger partial charge in [-0.25, -0.2) is 0 Å². The third-order valence-corrected chi connectivity index (χ3v) is 2.32. The first-order valence-electron chi connectivity index (χ1n) is 5.25. The van der Waals surface area contributed by atoms with E-state index in [0.717, 1.165) is 11.3 Å². The van der Waals surface area contributed by atoms with Crippen LogP contribution in [0.15, 0.2) is 48.5 Å². The molecule has 17 heavy (non-hydrogen) atoms. The molecule has 0 spiro atoms. The summed E-state index contributed by atoms with van der Waals surface area (Å²) in [6, 6.07) is 16.7. The summed E-state index contributed by atoms with van der Waals surface area (Å²) >= 11 is 0. The second-order valence-corrected chi connectivity index (χ2v) is 3.67. The van der Waals surface area contributed by atoms with Crippen LogP contribution in [0.5, 0.6) is 5.75 Å². The third-order valence-electron chi connectivity index (χ3n) is 2.32. The lowest BCUT2D eigenvalue weighted by Gasteiger charge is -2.06. The smallest absolute Gasteiger partial charge is 0.121 e. The van der Waals surface area contributed by atoms with Gasteiger partial charge in [-0.3, -0.25) is 0 Å². The lowest BCUT2D eigenvalue weighted by molar-refractivity contribution is 0.306. The molecular weight excluding hydrogens is 212 g/mol. The van der Waals surface area contributed by atoms with Crippen molar-refractivity contribution in [1.29, 1.82) is 5.26 Å². The molecule has 0 radical (unpaired) electrons. The molecule has 2 aromatic carbocycles. The molecule has 0 aliphatic rings. The van der Waals surface area contributed by atoms with E-state index >= 15 is 0 Å². The average molecular weight is 224 g/mol. The first-order valence-corrected chi connectivity index (χ1v) is 5.25. The Hall–Kier alpha value is -2.47. The first kappa shape index (κ1) is 11.0. The van der Waals surface area contributed by atoms with Crippen molar-refractivity contribution < 1.29 is 4.74 Å². The van der Waals surface area contributed by atoms with Crippen LogP contribution < -0.4 is 10.5 Å². The Balaban J connectivity index is 2.05. The van der Waals surface area contributed by atoms with E-state index in [4.69, 9.17) is 15.7 Å². The Morgan fingerprint density at radius 3 is 2.71 bits per heavy atom. The van der Waals surface area contributed by atoms with Crippen molar-refractivity contribution in [2.24, 2.45) is 0 Å². The number of hydrogen-bond donors (Lipinski definition) is 1. The Morgan fingerprint density at radius 1 is 1.12 bits per heavy atom. The van der Waals surface area contributed by atoms with Crippen LogP contribution in [0.1, 0.15) is 11.1 Å². The highest BCUT2D eigenvalue weighted by atomic mass is 16.5. The van der Waals surface area contributed by atoms with Crippen LogP contribution in [0.4, 0.5) is 5.69 Å². The van der Waals surface area contributed by atoms with Crippen LogP contribution in [-0.4, -0.2) is 0 Å². The number of hydrogen-bond acceptors (Lipinski definition) is 3. The monoisotopic (exact) mass is 224 g/mol. The molecule has 0 saturated heterocycles. The van der Waals surface area contributed by atoms with Gasteiger partial charge in [0.1, 0.15) is 12.4 Å². The summed E-state index contributed by atoms with van der Waals surface area (Å²) in [6.45, 7) is 0.444. The molecule has 0 atom stereocenters. The molecular formula is C14H12N2O. The third kappa shape index (κ3) is 2.99. The fourth-order valence-corrected chi connectivity index (χ4v) is 1.50. The molecule has 0 unspecified atom stereocenters. The molecule has 0 saturated carbocycles. The zero-order chi connectivity index (χ0) is 12.1. The van der Waals surface area contributed by atoms with Gasteiger partial charge in [0, 0.05) is 5.69 Å². The highest BCUT2D eigenvalue weighted by Crippen LogP contribution is 2.15. The molecule has 2 rings (SSSR count). The maximum atomic E-state index is 8.76. The molecule has 2 aromatic rings. The van der Waals surface area contributed by atoms with Crippen LogP contribution >= 0.6 is 0 Å². The molecule has 0 aliphatic carbocycles. The average Bonchev–Trinajstić information content (AvgIpc) is 2.37. The zero-order valence-electron chi connectivity index (χ0n) is 9.26. The Morgan fingerprint density at radius 2 is 1.94 bits per heavy atom. The molecule has 0 heterocycles. The lowest BCUT2D eigenvalue weighted by atomic mass is 10.2. The zero-order valence-corrected chi connectivity index (χ0v) is 9.26. The highest BCUT2D eigenvalue weighted by molar-refractivity contribution is 5.41. The van der Waals surface area contributed by atoms with Crippen molar-refractivity contribution in [2.45, 2.75) is 6.61 Å².